The number of para-hydroxylation sites is 1. The SMILES string of the molecule is CCCCCCCCN1C(=O)C(=Cc2cn(-c3ccccc3)nc2-c2cccc(S(=O)(=O)N3CCCC(C)C3)c2)SC1=S. The van der Waals surface area contributed by atoms with Crippen molar-refractivity contribution in [2.45, 2.75) is 70.1 Å². The van der Waals surface area contributed by atoms with Gasteiger partial charge in [-0.2, -0.15) is 9.40 Å². The van der Waals surface area contributed by atoms with Crippen LogP contribution in [-0.2, 0) is 14.8 Å². The number of sulfonamides is 1. The number of carbonyl (C=O) groups excluding carboxylic acids is 1. The van der Waals surface area contributed by atoms with E-state index in [1.807, 2.05) is 48.7 Å². The molecule has 2 aromatic carbocycles. The van der Waals surface area contributed by atoms with Crippen molar-refractivity contribution >= 4 is 50.3 Å². The van der Waals surface area contributed by atoms with Crippen LogP contribution < -0.4 is 0 Å². The van der Waals surface area contributed by atoms with Crippen LogP contribution in [0.5, 0.6) is 0 Å². The minimum absolute atomic E-state index is 0.0856. The van der Waals surface area contributed by atoms with Gasteiger partial charge < -0.3 is 0 Å². The van der Waals surface area contributed by atoms with Crippen LogP contribution >= 0.6 is 24.0 Å². The van der Waals surface area contributed by atoms with Gasteiger partial charge in [-0.3, -0.25) is 9.69 Å². The first kappa shape index (κ1) is 31.6. The molecule has 228 valence electrons. The monoisotopic (exact) mass is 636 g/mol. The van der Waals surface area contributed by atoms with Gasteiger partial charge in [0.25, 0.3) is 5.91 Å². The minimum Gasteiger partial charge on any atom is -0.293 e. The maximum Gasteiger partial charge on any atom is 0.266 e. The lowest BCUT2D eigenvalue weighted by atomic mass is 10.0. The summed E-state index contributed by atoms with van der Waals surface area (Å²) in [5.74, 6) is 0.247. The highest BCUT2D eigenvalue weighted by atomic mass is 32.2. The summed E-state index contributed by atoms with van der Waals surface area (Å²) < 4.78 is 31.1. The van der Waals surface area contributed by atoms with Gasteiger partial charge in [0.05, 0.1) is 15.5 Å². The fraction of sp³-hybridized carbons (Fsp3) is 0.424. The van der Waals surface area contributed by atoms with Gasteiger partial charge >= 0.3 is 0 Å². The summed E-state index contributed by atoms with van der Waals surface area (Å²) in [6.45, 7) is 5.98. The molecule has 0 aliphatic carbocycles. The van der Waals surface area contributed by atoms with Gasteiger partial charge in [0.1, 0.15) is 10.0 Å². The van der Waals surface area contributed by atoms with Gasteiger partial charge in [0.15, 0.2) is 0 Å². The van der Waals surface area contributed by atoms with E-state index in [1.54, 1.807) is 32.1 Å². The van der Waals surface area contributed by atoms with Gasteiger partial charge in [0, 0.05) is 37.0 Å². The van der Waals surface area contributed by atoms with Crippen molar-refractivity contribution in [3.63, 3.8) is 0 Å². The smallest absolute Gasteiger partial charge is 0.266 e. The second-order valence-electron chi connectivity index (χ2n) is 11.5. The minimum atomic E-state index is -3.64. The van der Waals surface area contributed by atoms with Gasteiger partial charge in [-0.25, -0.2) is 13.1 Å². The Morgan fingerprint density at radius 1 is 1.05 bits per heavy atom. The third kappa shape index (κ3) is 7.48. The van der Waals surface area contributed by atoms with Gasteiger partial charge in [-0.15, -0.1) is 0 Å². The van der Waals surface area contributed by atoms with Crippen molar-refractivity contribution < 1.29 is 13.2 Å². The number of nitrogens with zero attached hydrogens (tertiary/aromatic N) is 4. The second-order valence-corrected chi connectivity index (χ2v) is 15.1. The molecule has 1 atom stereocenters. The third-order valence-corrected chi connectivity index (χ3v) is 11.3. The van der Waals surface area contributed by atoms with E-state index in [1.165, 1.54) is 37.4 Å². The summed E-state index contributed by atoms with van der Waals surface area (Å²) in [5, 5.41) is 4.89. The summed E-state index contributed by atoms with van der Waals surface area (Å²) in [5.41, 5.74) is 2.87. The zero-order chi connectivity index (χ0) is 30.4. The van der Waals surface area contributed by atoms with Gasteiger partial charge in [0.2, 0.25) is 10.0 Å². The van der Waals surface area contributed by atoms with Crippen molar-refractivity contribution in [2.75, 3.05) is 19.6 Å². The van der Waals surface area contributed by atoms with Crippen molar-refractivity contribution in [3.8, 4) is 16.9 Å². The lowest BCUT2D eigenvalue weighted by Gasteiger charge is -2.30. The first-order valence-corrected chi connectivity index (χ1v) is 18.0. The number of piperidine rings is 1. The first-order chi connectivity index (χ1) is 20.8. The highest BCUT2D eigenvalue weighted by Gasteiger charge is 2.32. The van der Waals surface area contributed by atoms with Crippen LogP contribution in [0.4, 0.5) is 0 Å². The van der Waals surface area contributed by atoms with E-state index in [0.29, 0.717) is 46.0 Å². The van der Waals surface area contributed by atoms with Crippen LogP contribution in [0.3, 0.4) is 0 Å². The van der Waals surface area contributed by atoms with Gasteiger partial charge in [-0.05, 0) is 55.5 Å². The van der Waals surface area contributed by atoms with Gasteiger partial charge in [-0.1, -0.05) is 100 Å². The van der Waals surface area contributed by atoms with Crippen LogP contribution in [0, 0.1) is 5.92 Å². The molecule has 10 heteroatoms. The molecule has 2 fully saturated rings. The quantitative estimate of drug-likeness (QED) is 0.116. The van der Waals surface area contributed by atoms with Crippen molar-refractivity contribution in [2.24, 2.45) is 5.92 Å². The molecule has 3 heterocycles. The Morgan fingerprint density at radius 2 is 1.81 bits per heavy atom. The Hall–Kier alpha value is -2.79. The summed E-state index contributed by atoms with van der Waals surface area (Å²) >= 11 is 6.92. The molecule has 5 rings (SSSR count). The number of thiocarbonyl (C=S) groups is 1. The number of aromatic nitrogens is 2. The van der Waals surface area contributed by atoms with E-state index in [2.05, 4.69) is 13.8 Å². The number of hydrogen-bond donors (Lipinski definition) is 0. The van der Waals surface area contributed by atoms with Crippen LogP contribution in [0.15, 0.2) is 70.6 Å². The maximum absolute atomic E-state index is 13.6. The van der Waals surface area contributed by atoms with E-state index in [4.69, 9.17) is 17.3 Å². The summed E-state index contributed by atoms with van der Waals surface area (Å²) in [4.78, 5) is 15.9. The van der Waals surface area contributed by atoms with E-state index in [-0.39, 0.29) is 10.8 Å². The maximum atomic E-state index is 13.6. The number of rotatable bonds is 12. The Labute approximate surface area is 265 Å². The van der Waals surface area contributed by atoms with Crippen molar-refractivity contribution in [1.82, 2.24) is 19.0 Å². The highest BCUT2D eigenvalue weighted by molar-refractivity contribution is 8.26. The zero-order valence-electron chi connectivity index (χ0n) is 24.9. The van der Waals surface area contributed by atoms with E-state index in [0.717, 1.165) is 36.9 Å². The zero-order valence-corrected chi connectivity index (χ0v) is 27.4. The number of hydrogen-bond acceptors (Lipinski definition) is 6. The largest absolute Gasteiger partial charge is 0.293 e. The third-order valence-electron chi connectivity index (χ3n) is 8.02. The highest BCUT2D eigenvalue weighted by Crippen LogP contribution is 2.36. The van der Waals surface area contributed by atoms with E-state index < -0.39 is 10.0 Å². The number of benzene rings is 2. The molecule has 0 radical (unpaired) electrons. The van der Waals surface area contributed by atoms with E-state index in [9.17, 15) is 13.2 Å². The molecular weight excluding hydrogens is 597 g/mol. The molecule has 1 aromatic heterocycles. The lowest BCUT2D eigenvalue weighted by Crippen LogP contribution is -2.39. The number of thioether (sulfide) groups is 1. The summed E-state index contributed by atoms with van der Waals surface area (Å²) in [6.07, 6.45) is 12.5. The topological polar surface area (TPSA) is 75.5 Å². The van der Waals surface area contributed by atoms with Crippen LogP contribution in [0.25, 0.3) is 23.0 Å². The summed E-state index contributed by atoms with van der Waals surface area (Å²) in [7, 11) is -3.64. The lowest BCUT2D eigenvalue weighted by molar-refractivity contribution is -0.122. The molecule has 0 N–H and O–H groups in total. The molecule has 3 aromatic rings. The molecule has 1 amide bonds. The number of unbranched alkanes of at least 4 members (excludes halogenated alkanes) is 5. The molecule has 2 aliphatic rings. The Bertz CT molecular complexity index is 1580. The van der Waals surface area contributed by atoms with Crippen LogP contribution in [0.1, 0.15) is 70.8 Å². The fourth-order valence-electron chi connectivity index (χ4n) is 5.63. The molecule has 43 heavy (non-hydrogen) atoms. The van der Waals surface area contributed by atoms with E-state index >= 15 is 0 Å². The molecule has 0 saturated carbocycles. The summed E-state index contributed by atoms with van der Waals surface area (Å²) in [6, 6.07) is 16.7. The Balaban J connectivity index is 1.45. The van der Waals surface area contributed by atoms with Crippen molar-refractivity contribution in [1.29, 1.82) is 0 Å². The average molecular weight is 637 g/mol. The molecule has 2 saturated heterocycles. The molecule has 7 nitrogen and oxygen atoms in total. The average Bonchev–Trinajstić information content (AvgIpc) is 3.55. The predicted octanol–water partition coefficient (Wildman–Crippen LogP) is 7.52. The second kappa shape index (κ2) is 14.3. The molecule has 1 unspecified atom stereocenters. The number of carbonyl (C=O) groups is 1. The Kier molecular flexibility index (Phi) is 10.5. The predicted molar refractivity (Wildman–Crippen MR) is 179 cm³/mol. The van der Waals surface area contributed by atoms with Crippen molar-refractivity contribution in [3.05, 3.63) is 71.3 Å². The molecule has 2 aliphatic heterocycles. The standard InChI is InChI=1S/C33H40N4O3S3/c1-3-4-5-6-7-11-20-36-32(38)30(42-33(36)41)22-27-24-37(28-16-9-8-10-17-28)34-31(27)26-15-12-18-29(21-26)43(39,40)35-19-13-14-25(2)23-35/h8-10,12,15-18,21-22,24-25H,3-7,11,13-14,19-20,23H2,1-2H3. The first-order valence-electron chi connectivity index (χ1n) is 15.3. The van der Waals surface area contributed by atoms with Crippen LogP contribution in [0.2, 0.25) is 0 Å². The van der Waals surface area contributed by atoms with Crippen LogP contribution in [-0.4, -0.2) is 57.3 Å². The normalized spacial score (nSPS) is 19.1. The molecular formula is C33H40N4O3S3. The molecule has 0 bridgehead atoms. The number of amides is 1. The molecule has 0 spiro atoms. The Morgan fingerprint density at radius 3 is 2.58 bits per heavy atom. The fourth-order valence-corrected chi connectivity index (χ4v) is 8.58.